The fourth-order valence-corrected chi connectivity index (χ4v) is 2.44. The summed E-state index contributed by atoms with van der Waals surface area (Å²) in [4.78, 5) is 22.0. The maximum atomic E-state index is 11.1. The SMILES string of the molecule is CC(=O)Oc1ccc(C(O)C(O)c2cc(C)cc(OC(C)=O)c2)cc1. The van der Waals surface area contributed by atoms with Gasteiger partial charge in [-0.15, -0.1) is 0 Å². The molecule has 2 aromatic carbocycles. The normalized spacial score (nSPS) is 13.0. The number of benzene rings is 2. The Balaban J connectivity index is 2.21. The highest BCUT2D eigenvalue weighted by Crippen LogP contribution is 2.32. The highest BCUT2D eigenvalue weighted by atomic mass is 16.5. The maximum Gasteiger partial charge on any atom is 0.308 e. The third kappa shape index (κ3) is 5.14. The van der Waals surface area contributed by atoms with Crippen molar-refractivity contribution >= 4 is 11.9 Å². The molecule has 25 heavy (non-hydrogen) atoms. The predicted molar refractivity (Wildman–Crippen MR) is 90.2 cm³/mol. The highest BCUT2D eigenvalue weighted by molar-refractivity contribution is 5.69. The van der Waals surface area contributed by atoms with E-state index in [0.29, 0.717) is 22.6 Å². The van der Waals surface area contributed by atoms with Gasteiger partial charge in [-0.05, 0) is 47.9 Å². The molecule has 0 aliphatic rings. The van der Waals surface area contributed by atoms with Crippen molar-refractivity contribution in [3.63, 3.8) is 0 Å². The molecule has 6 heteroatoms. The van der Waals surface area contributed by atoms with Crippen LogP contribution >= 0.6 is 0 Å². The van der Waals surface area contributed by atoms with Crippen LogP contribution in [0.15, 0.2) is 42.5 Å². The summed E-state index contributed by atoms with van der Waals surface area (Å²) in [5.41, 5.74) is 1.66. The van der Waals surface area contributed by atoms with Gasteiger partial charge in [-0.25, -0.2) is 0 Å². The first kappa shape index (κ1) is 18.6. The molecule has 2 rings (SSSR count). The van der Waals surface area contributed by atoms with E-state index in [4.69, 9.17) is 9.47 Å². The zero-order valence-electron chi connectivity index (χ0n) is 14.2. The molecule has 0 bridgehead atoms. The lowest BCUT2D eigenvalue weighted by atomic mass is 9.97. The number of hydrogen-bond donors (Lipinski definition) is 2. The van der Waals surface area contributed by atoms with Gasteiger partial charge >= 0.3 is 11.9 Å². The van der Waals surface area contributed by atoms with Crippen molar-refractivity contribution in [2.45, 2.75) is 33.0 Å². The lowest BCUT2D eigenvalue weighted by Gasteiger charge is -2.20. The van der Waals surface area contributed by atoms with Gasteiger partial charge < -0.3 is 19.7 Å². The summed E-state index contributed by atoms with van der Waals surface area (Å²) < 4.78 is 9.97. The fourth-order valence-electron chi connectivity index (χ4n) is 2.44. The van der Waals surface area contributed by atoms with Crippen LogP contribution in [0.5, 0.6) is 11.5 Å². The summed E-state index contributed by atoms with van der Waals surface area (Å²) in [7, 11) is 0. The van der Waals surface area contributed by atoms with Crippen molar-refractivity contribution in [3.05, 3.63) is 59.2 Å². The first-order valence-electron chi connectivity index (χ1n) is 7.71. The second kappa shape index (κ2) is 7.92. The molecule has 2 atom stereocenters. The average molecular weight is 344 g/mol. The molecule has 0 saturated heterocycles. The lowest BCUT2D eigenvalue weighted by Crippen LogP contribution is -2.11. The molecule has 0 spiro atoms. The van der Waals surface area contributed by atoms with Gasteiger partial charge in [0.25, 0.3) is 0 Å². The molecule has 0 heterocycles. The second-order valence-electron chi connectivity index (χ2n) is 5.73. The van der Waals surface area contributed by atoms with E-state index in [1.807, 2.05) is 0 Å². The minimum atomic E-state index is -1.21. The molecule has 0 aliphatic carbocycles. The first-order chi connectivity index (χ1) is 11.8. The fraction of sp³-hybridized carbons (Fsp3) is 0.263. The van der Waals surface area contributed by atoms with Crippen molar-refractivity contribution < 1.29 is 29.3 Å². The molecule has 0 aliphatic heterocycles. The van der Waals surface area contributed by atoms with E-state index in [9.17, 15) is 19.8 Å². The van der Waals surface area contributed by atoms with Gasteiger partial charge in [-0.2, -0.15) is 0 Å². The van der Waals surface area contributed by atoms with Crippen molar-refractivity contribution in [1.29, 1.82) is 0 Å². The minimum Gasteiger partial charge on any atom is -0.427 e. The van der Waals surface area contributed by atoms with Crippen molar-refractivity contribution in [3.8, 4) is 11.5 Å². The first-order valence-corrected chi connectivity index (χ1v) is 7.71. The van der Waals surface area contributed by atoms with Crippen molar-refractivity contribution in [2.75, 3.05) is 0 Å². The van der Waals surface area contributed by atoms with Crippen LogP contribution in [0.2, 0.25) is 0 Å². The zero-order valence-corrected chi connectivity index (χ0v) is 14.2. The number of carbonyl (C=O) groups excluding carboxylic acids is 2. The van der Waals surface area contributed by atoms with E-state index < -0.39 is 24.1 Å². The Hall–Kier alpha value is -2.70. The molecule has 0 amide bonds. The Kier molecular flexibility index (Phi) is 5.90. The van der Waals surface area contributed by atoms with E-state index in [1.54, 1.807) is 31.2 Å². The molecule has 6 nitrogen and oxygen atoms in total. The molecule has 2 aromatic rings. The minimum absolute atomic E-state index is 0.305. The second-order valence-corrected chi connectivity index (χ2v) is 5.73. The Labute approximate surface area is 145 Å². The van der Waals surface area contributed by atoms with Crippen LogP contribution in [-0.2, 0) is 9.59 Å². The van der Waals surface area contributed by atoms with Crippen molar-refractivity contribution in [2.24, 2.45) is 0 Å². The maximum absolute atomic E-state index is 11.1. The Bertz CT molecular complexity index is 766. The quantitative estimate of drug-likeness (QED) is 0.640. The Morgan fingerprint density at radius 3 is 1.88 bits per heavy atom. The van der Waals surface area contributed by atoms with Crippen LogP contribution in [0.4, 0.5) is 0 Å². The molecule has 0 fully saturated rings. The summed E-state index contributed by atoms with van der Waals surface area (Å²) >= 11 is 0. The number of aryl methyl sites for hydroxylation is 1. The van der Waals surface area contributed by atoms with Gasteiger partial charge in [0, 0.05) is 13.8 Å². The number of hydrogen-bond acceptors (Lipinski definition) is 6. The van der Waals surface area contributed by atoms with Crippen LogP contribution in [0.3, 0.4) is 0 Å². The third-order valence-electron chi connectivity index (χ3n) is 3.46. The smallest absolute Gasteiger partial charge is 0.308 e. The monoisotopic (exact) mass is 344 g/mol. The Morgan fingerprint density at radius 1 is 0.800 bits per heavy atom. The van der Waals surface area contributed by atoms with Gasteiger partial charge in [-0.3, -0.25) is 9.59 Å². The molecule has 0 radical (unpaired) electrons. The highest BCUT2D eigenvalue weighted by Gasteiger charge is 2.21. The van der Waals surface area contributed by atoms with Crippen LogP contribution in [-0.4, -0.2) is 22.2 Å². The van der Waals surface area contributed by atoms with Crippen molar-refractivity contribution in [1.82, 2.24) is 0 Å². The average Bonchev–Trinajstić information content (AvgIpc) is 2.52. The molecule has 2 unspecified atom stereocenters. The van der Waals surface area contributed by atoms with E-state index in [2.05, 4.69) is 0 Å². The summed E-state index contributed by atoms with van der Waals surface area (Å²) in [5.74, 6) is -0.247. The molecular formula is C19H20O6. The van der Waals surface area contributed by atoms with Gasteiger partial charge in [0.15, 0.2) is 0 Å². The number of aliphatic hydroxyl groups excluding tert-OH is 2. The molecule has 2 N–H and O–H groups in total. The third-order valence-corrected chi connectivity index (χ3v) is 3.46. The standard InChI is InChI=1S/C19H20O6/c1-11-8-15(10-17(9-11)25-13(3)21)19(23)18(22)14-4-6-16(7-5-14)24-12(2)20/h4-10,18-19,22-23H,1-3H3. The summed E-state index contributed by atoms with van der Waals surface area (Å²) in [6.45, 7) is 4.38. The molecule has 0 saturated carbocycles. The van der Waals surface area contributed by atoms with Gasteiger partial charge in [0.2, 0.25) is 0 Å². The molecule has 132 valence electrons. The van der Waals surface area contributed by atoms with Crippen LogP contribution in [0, 0.1) is 6.92 Å². The lowest BCUT2D eigenvalue weighted by molar-refractivity contribution is -0.132. The van der Waals surface area contributed by atoms with Gasteiger partial charge in [0.1, 0.15) is 23.7 Å². The Morgan fingerprint density at radius 2 is 1.32 bits per heavy atom. The number of ether oxygens (including phenoxy) is 2. The largest absolute Gasteiger partial charge is 0.427 e. The van der Waals surface area contributed by atoms with Crippen LogP contribution < -0.4 is 9.47 Å². The molecule has 0 aromatic heterocycles. The van der Waals surface area contributed by atoms with E-state index in [0.717, 1.165) is 5.56 Å². The van der Waals surface area contributed by atoms with Gasteiger partial charge in [-0.1, -0.05) is 18.2 Å². The number of esters is 2. The summed E-state index contributed by atoms with van der Waals surface area (Å²) in [5, 5.41) is 20.9. The van der Waals surface area contributed by atoms with E-state index >= 15 is 0 Å². The number of carbonyl (C=O) groups is 2. The van der Waals surface area contributed by atoms with E-state index in [-0.39, 0.29) is 0 Å². The summed E-state index contributed by atoms with van der Waals surface area (Å²) in [6.07, 6.45) is -2.41. The summed E-state index contributed by atoms with van der Waals surface area (Å²) in [6, 6.07) is 11.1. The number of rotatable bonds is 5. The zero-order chi connectivity index (χ0) is 18.6. The van der Waals surface area contributed by atoms with E-state index in [1.165, 1.54) is 32.0 Å². The predicted octanol–water partition coefficient (Wildman–Crippen LogP) is 2.61. The van der Waals surface area contributed by atoms with Crippen LogP contribution in [0.25, 0.3) is 0 Å². The number of aliphatic hydroxyl groups is 2. The molecular weight excluding hydrogens is 324 g/mol. The van der Waals surface area contributed by atoms with Gasteiger partial charge in [0.05, 0.1) is 0 Å². The van der Waals surface area contributed by atoms with Crippen LogP contribution in [0.1, 0.15) is 42.7 Å². The topological polar surface area (TPSA) is 93.1 Å².